The van der Waals surface area contributed by atoms with Crippen molar-refractivity contribution < 1.29 is 4.42 Å². The van der Waals surface area contributed by atoms with Gasteiger partial charge in [0.05, 0.1) is 11.5 Å². The average molecular weight is 774 g/mol. The highest BCUT2D eigenvalue weighted by atomic mass is 16.3. The predicted molar refractivity (Wildman–Crippen MR) is 251 cm³/mol. The van der Waals surface area contributed by atoms with Crippen LogP contribution < -0.4 is 4.90 Å². The first-order valence-electron chi connectivity index (χ1n) is 21.8. The third-order valence-corrected chi connectivity index (χ3v) is 14.2. The minimum Gasteiger partial charge on any atom is -0.455 e. The Morgan fingerprint density at radius 3 is 2.17 bits per heavy atom. The van der Waals surface area contributed by atoms with Crippen LogP contribution in [0.2, 0.25) is 0 Å². The van der Waals surface area contributed by atoms with E-state index in [0.29, 0.717) is 0 Å². The molecule has 5 aliphatic carbocycles. The summed E-state index contributed by atoms with van der Waals surface area (Å²) < 4.78 is 6.69. The lowest BCUT2D eigenvalue weighted by molar-refractivity contribution is 0.584. The molecule has 2 atom stereocenters. The summed E-state index contributed by atoms with van der Waals surface area (Å²) in [5.74, 6) is 0. The van der Waals surface area contributed by atoms with Crippen molar-refractivity contribution in [2.24, 2.45) is 0 Å². The fourth-order valence-electron chi connectivity index (χ4n) is 11.4. The fraction of sp³-hybridized carbons (Fsp3) is 0.172. The van der Waals surface area contributed by atoms with Crippen LogP contribution in [0.25, 0.3) is 44.2 Å². The average Bonchev–Trinajstić information content (AvgIpc) is 3.91. The molecule has 0 spiro atoms. The van der Waals surface area contributed by atoms with Gasteiger partial charge in [-0.1, -0.05) is 166 Å². The van der Waals surface area contributed by atoms with Gasteiger partial charge in [-0.2, -0.15) is 0 Å². The van der Waals surface area contributed by atoms with E-state index in [-0.39, 0.29) is 11.5 Å². The third kappa shape index (κ3) is 5.07. The molecule has 1 heterocycles. The van der Waals surface area contributed by atoms with Crippen molar-refractivity contribution in [3.05, 3.63) is 227 Å². The number of rotatable bonds is 6. The third-order valence-electron chi connectivity index (χ3n) is 14.2. The molecule has 0 saturated carbocycles. The van der Waals surface area contributed by atoms with Gasteiger partial charge < -0.3 is 9.32 Å². The van der Waals surface area contributed by atoms with Gasteiger partial charge in [-0.25, -0.2) is 0 Å². The highest BCUT2D eigenvalue weighted by Gasteiger charge is 2.48. The number of para-hydroxylation sites is 1. The molecule has 2 heteroatoms. The maximum absolute atomic E-state index is 6.69. The molecule has 1 aromatic heterocycles. The first kappa shape index (κ1) is 35.3. The summed E-state index contributed by atoms with van der Waals surface area (Å²) in [6.07, 6.45) is 24.3. The number of furan rings is 1. The van der Waals surface area contributed by atoms with Crippen molar-refractivity contribution in [1.29, 1.82) is 0 Å². The minimum absolute atomic E-state index is 0.0879. The fourth-order valence-corrected chi connectivity index (χ4v) is 11.4. The summed E-state index contributed by atoms with van der Waals surface area (Å²) in [5.41, 5.74) is 19.8. The number of anilines is 2. The first-order valence-corrected chi connectivity index (χ1v) is 21.8. The Hall–Kier alpha value is -6.64. The maximum Gasteiger partial charge on any atom is 0.143 e. The molecule has 7 aromatic rings. The van der Waals surface area contributed by atoms with Gasteiger partial charge in [0.1, 0.15) is 11.2 Å². The molecule has 5 aliphatic rings. The lowest BCUT2D eigenvalue weighted by Crippen LogP contribution is -2.34. The van der Waals surface area contributed by atoms with E-state index in [4.69, 9.17) is 4.42 Å². The Labute approximate surface area is 352 Å². The van der Waals surface area contributed by atoms with Gasteiger partial charge in [-0.05, 0) is 124 Å². The summed E-state index contributed by atoms with van der Waals surface area (Å²) >= 11 is 0. The van der Waals surface area contributed by atoms with Crippen LogP contribution in [0.1, 0.15) is 79.3 Å². The van der Waals surface area contributed by atoms with E-state index in [1.807, 2.05) is 0 Å². The summed E-state index contributed by atoms with van der Waals surface area (Å²) in [7, 11) is 0. The zero-order valence-electron chi connectivity index (χ0n) is 34.3. The lowest BCUT2D eigenvalue weighted by atomic mass is 9.66. The lowest BCUT2D eigenvalue weighted by Gasteiger charge is -2.39. The van der Waals surface area contributed by atoms with Crippen LogP contribution in [0, 0.1) is 0 Å². The van der Waals surface area contributed by atoms with Crippen molar-refractivity contribution in [1.82, 2.24) is 0 Å². The van der Waals surface area contributed by atoms with Crippen LogP contribution in [0.15, 0.2) is 198 Å². The predicted octanol–water partition coefficient (Wildman–Crippen LogP) is 15.1. The van der Waals surface area contributed by atoms with E-state index >= 15 is 0 Å². The maximum atomic E-state index is 6.69. The van der Waals surface area contributed by atoms with Gasteiger partial charge in [0, 0.05) is 33.1 Å². The van der Waals surface area contributed by atoms with Gasteiger partial charge in [0.2, 0.25) is 0 Å². The molecule has 60 heavy (non-hydrogen) atoms. The SMILES string of the molecule is CC1(C)C2=C(C=CC(N(c3ccc(C4=CCCC=C4)cc3)c3ccc4c(c3)C(C3=CCCC=C3)(c3ccccc3)c3ccccc3-4)C2)c2c1ccc1c2oc2ccccc21. The van der Waals surface area contributed by atoms with E-state index in [1.54, 1.807) is 0 Å². The Kier molecular flexibility index (Phi) is 7.91. The van der Waals surface area contributed by atoms with Crippen molar-refractivity contribution in [2.45, 2.75) is 62.8 Å². The van der Waals surface area contributed by atoms with E-state index in [2.05, 4.69) is 201 Å². The molecule has 2 nitrogen and oxygen atoms in total. The number of hydrogen-bond acceptors (Lipinski definition) is 2. The largest absolute Gasteiger partial charge is 0.455 e. The number of allylic oxidation sites excluding steroid dienone is 10. The van der Waals surface area contributed by atoms with Crippen LogP contribution in [0.3, 0.4) is 0 Å². The van der Waals surface area contributed by atoms with Crippen molar-refractivity contribution in [3.8, 4) is 11.1 Å². The molecule has 290 valence electrons. The quantitative estimate of drug-likeness (QED) is 0.167. The number of benzene rings is 6. The standard InChI is InChI=1S/C58H47NO/c1-57(2)51-35-34-48-47-23-13-15-25-54(47)60-56(48)55(51)49-33-31-43(36-52(49)57)59(42-28-26-39(27-29-42)38-16-6-3-7-17-38)44-30-32-46-45-22-12-14-24-50(45)58(53(46)37-44,40-18-8-4-9-19-40)41-20-10-5-11-21-41/h4,6,8-10,12-35,37,43H,3,5,7,11,36H2,1-2H3. The van der Waals surface area contributed by atoms with E-state index in [9.17, 15) is 0 Å². The molecule has 2 unspecified atom stereocenters. The van der Waals surface area contributed by atoms with Crippen molar-refractivity contribution >= 4 is 44.5 Å². The zero-order chi connectivity index (χ0) is 40.0. The molecule has 0 N–H and O–H groups in total. The van der Waals surface area contributed by atoms with E-state index in [0.717, 1.165) is 43.3 Å². The van der Waals surface area contributed by atoms with Crippen LogP contribution in [-0.2, 0) is 10.8 Å². The number of nitrogens with zero attached hydrogens (tertiary/aromatic N) is 1. The Balaban J connectivity index is 1.04. The van der Waals surface area contributed by atoms with E-state index < -0.39 is 5.41 Å². The molecule has 0 amide bonds. The molecule has 0 aliphatic heterocycles. The van der Waals surface area contributed by atoms with Crippen LogP contribution in [0.5, 0.6) is 0 Å². The molecule has 0 saturated heterocycles. The van der Waals surface area contributed by atoms with Gasteiger partial charge in [0.15, 0.2) is 0 Å². The summed E-state index contributed by atoms with van der Waals surface area (Å²) in [5, 5.41) is 2.37. The molecular weight excluding hydrogens is 727 g/mol. The molecule has 12 rings (SSSR count). The second-order valence-electron chi connectivity index (χ2n) is 17.7. The van der Waals surface area contributed by atoms with Gasteiger partial charge in [-0.15, -0.1) is 0 Å². The molecular formula is C58H47NO. The monoisotopic (exact) mass is 773 g/mol. The Morgan fingerprint density at radius 1 is 0.600 bits per heavy atom. The summed E-state index contributed by atoms with van der Waals surface area (Å²) in [4.78, 5) is 2.62. The second-order valence-corrected chi connectivity index (χ2v) is 17.7. The number of hydrogen-bond donors (Lipinski definition) is 0. The van der Waals surface area contributed by atoms with Gasteiger partial charge in [-0.3, -0.25) is 0 Å². The summed E-state index contributed by atoms with van der Waals surface area (Å²) in [6.45, 7) is 4.82. The van der Waals surface area contributed by atoms with Crippen molar-refractivity contribution in [3.63, 3.8) is 0 Å². The smallest absolute Gasteiger partial charge is 0.143 e. The van der Waals surface area contributed by atoms with Crippen LogP contribution in [-0.4, -0.2) is 6.04 Å². The van der Waals surface area contributed by atoms with Crippen LogP contribution in [0.4, 0.5) is 11.4 Å². The Bertz CT molecular complexity index is 3090. The van der Waals surface area contributed by atoms with Crippen molar-refractivity contribution in [2.75, 3.05) is 4.90 Å². The zero-order valence-corrected chi connectivity index (χ0v) is 34.3. The summed E-state index contributed by atoms with van der Waals surface area (Å²) in [6, 6.07) is 50.2. The van der Waals surface area contributed by atoms with Gasteiger partial charge >= 0.3 is 0 Å². The topological polar surface area (TPSA) is 16.4 Å². The molecule has 6 aromatic carbocycles. The van der Waals surface area contributed by atoms with Gasteiger partial charge in [0.25, 0.3) is 0 Å². The second kappa shape index (κ2) is 13.4. The Morgan fingerprint density at radius 2 is 1.35 bits per heavy atom. The molecule has 0 fully saturated rings. The normalized spacial score (nSPS) is 20.8. The minimum atomic E-state index is -0.430. The van der Waals surface area contributed by atoms with E-state index in [1.165, 1.54) is 88.9 Å². The molecule has 0 radical (unpaired) electrons. The molecule has 0 bridgehead atoms. The number of fused-ring (bicyclic) bond motifs is 9. The van der Waals surface area contributed by atoms with Crippen LogP contribution >= 0.6 is 0 Å². The first-order chi connectivity index (χ1) is 29.5. The highest BCUT2D eigenvalue weighted by molar-refractivity contribution is 6.11. The highest BCUT2D eigenvalue weighted by Crippen LogP contribution is 2.59.